The van der Waals surface area contributed by atoms with Crippen LogP contribution in [0.25, 0.3) is 0 Å². The van der Waals surface area contributed by atoms with Crippen LogP contribution in [0, 0.1) is 0 Å². The van der Waals surface area contributed by atoms with E-state index in [4.69, 9.17) is 13.3 Å². The Labute approximate surface area is 108 Å². The molecule has 0 bridgehead atoms. The van der Waals surface area contributed by atoms with Gasteiger partial charge in [0.25, 0.3) is 0 Å². The van der Waals surface area contributed by atoms with Crippen molar-refractivity contribution in [2.45, 2.75) is 57.7 Å². The summed E-state index contributed by atoms with van der Waals surface area (Å²) in [7, 11) is -2.33. The molecular weight excluding hydrogens is 268 g/mol. The second-order valence-electron chi connectivity index (χ2n) is 5.18. The van der Waals surface area contributed by atoms with Crippen molar-refractivity contribution in [2.24, 2.45) is 0 Å². The van der Waals surface area contributed by atoms with Crippen molar-refractivity contribution in [2.75, 3.05) is 0 Å². The summed E-state index contributed by atoms with van der Waals surface area (Å²) < 4.78 is 18.2. The number of hydrogen-bond acceptors (Lipinski definition) is 3. The second kappa shape index (κ2) is 7.24. The molecule has 0 saturated carbocycles. The van der Waals surface area contributed by atoms with E-state index < -0.39 is 32.5 Å². The molecule has 1 unspecified atom stereocenters. The lowest BCUT2D eigenvalue weighted by atomic mass is 10.4. The van der Waals surface area contributed by atoms with Crippen LogP contribution in [0.5, 0.6) is 0 Å². The van der Waals surface area contributed by atoms with Crippen LogP contribution in [0.1, 0.15) is 6.92 Å². The molecule has 0 spiro atoms. The van der Waals surface area contributed by atoms with Gasteiger partial charge in [-0.3, -0.25) is 0 Å². The lowest BCUT2D eigenvalue weighted by Gasteiger charge is -2.40. The van der Waals surface area contributed by atoms with Crippen LogP contribution in [0.4, 0.5) is 0 Å². The van der Waals surface area contributed by atoms with Crippen LogP contribution in [0.15, 0.2) is 0 Å². The molecule has 0 radical (unpaired) electrons. The highest BCUT2D eigenvalue weighted by atomic mass is 28.3. The Kier molecular flexibility index (Phi) is 7.58. The van der Waals surface area contributed by atoms with Gasteiger partial charge in [-0.25, -0.2) is 0 Å². The van der Waals surface area contributed by atoms with E-state index in [0.717, 1.165) is 10.2 Å². The number of hydrogen-bond donors (Lipinski definition) is 0. The maximum atomic E-state index is 6.12. The van der Waals surface area contributed by atoms with E-state index in [0.29, 0.717) is 0 Å². The minimum atomic E-state index is -1.09. The lowest BCUT2D eigenvalue weighted by Crippen LogP contribution is -2.53. The largest absolute Gasteiger partial charge is 0.413 e. The van der Waals surface area contributed by atoms with Gasteiger partial charge in [0.2, 0.25) is 0 Å². The molecule has 98 valence electrons. The van der Waals surface area contributed by atoms with Crippen LogP contribution < -0.4 is 0 Å². The van der Waals surface area contributed by atoms with Crippen LogP contribution in [0.2, 0.25) is 39.3 Å². The summed E-state index contributed by atoms with van der Waals surface area (Å²) in [6.07, 6.45) is 0.0932. The molecule has 0 N–H and O–H groups in total. The molecule has 16 heavy (non-hydrogen) atoms. The predicted octanol–water partition coefficient (Wildman–Crippen LogP) is 0.394. The van der Waals surface area contributed by atoms with Crippen molar-refractivity contribution >= 4 is 37.4 Å². The Bertz CT molecular complexity index is 189. The maximum absolute atomic E-state index is 6.12. The quantitative estimate of drug-likeness (QED) is 0.503. The van der Waals surface area contributed by atoms with Crippen LogP contribution in [-0.4, -0.2) is 48.9 Å². The molecular formula is C9H28O3Si4. The van der Waals surface area contributed by atoms with E-state index in [1.54, 1.807) is 0 Å². The molecule has 0 heterocycles. The summed E-state index contributed by atoms with van der Waals surface area (Å²) in [4.78, 5) is 0. The molecule has 0 aromatic rings. The van der Waals surface area contributed by atoms with Crippen LogP contribution in [0.3, 0.4) is 0 Å². The van der Waals surface area contributed by atoms with Gasteiger partial charge in [0.15, 0.2) is 27.1 Å². The Balaban J connectivity index is 4.62. The minimum absolute atomic E-state index is 0.0932. The molecule has 1 atom stereocenters. The first-order chi connectivity index (χ1) is 7.17. The fourth-order valence-corrected chi connectivity index (χ4v) is 8.47. The SMILES string of the molecule is CC(O[SiH](C)C)C([SiH3])(O[SiH](C)C)O[SiH](C)C. The summed E-state index contributed by atoms with van der Waals surface area (Å²) in [5.41, 5.74) is -0.391. The second-order valence-corrected chi connectivity index (χ2v) is 13.6. The van der Waals surface area contributed by atoms with Gasteiger partial charge in [-0.2, -0.15) is 0 Å². The predicted molar refractivity (Wildman–Crippen MR) is 82.0 cm³/mol. The molecule has 0 aliphatic heterocycles. The molecule has 0 saturated heterocycles. The normalized spacial score (nSPS) is 15.4. The summed E-state index contributed by atoms with van der Waals surface area (Å²) in [5.74, 6) is 0. The maximum Gasteiger partial charge on any atom is 0.174 e. The highest BCUT2D eigenvalue weighted by Gasteiger charge is 2.35. The van der Waals surface area contributed by atoms with E-state index in [1.807, 2.05) is 0 Å². The molecule has 0 amide bonds. The zero-order chi connectivity index (χ0) is 12.9. The third kappa shape index (κ3) is 6.47. The van der Waals surface area contributed by atoms with Gasteiger partial charge in [0.1, 0.15) is 5.41 Å². The smallest absolute Gasteiger partial charge is 0.174 e. The van der Waals surface area contributed by atoms with Gasteiger partial charge in [0, 0.05) is 0 Å². The molecule has 0 aromatic heterocycles. The highest BCUT2D eigenvalue weighted by Crippen LogP contribution is 2.20. The first-order valence-electron chi connectivity index (χ1n) is 6.18. The Morgan fingerprint density at radius 1 is 0.875 bits per heavy atom. The molecule has 7 heteroatoms. The zero-order valence-electron chi connectivity index (χ0n) is 12.0. The standard InChI is InChI=1S/C9H28O3Si4/c1-8(10-14(2)3)9(13,11-15(4)5)12-16(6)7/h8,14-16H,1-7,13H3. The molecule has 0 aliphatic carbocycles. The van der Waals surface area contributed by atoms with E-state index in [9.17, 15) is 0 Å². The van der Waals surface area contributed by atoms with E-state index >= 15 is 0 Å². The molecule has 3 nitrogen and oxygen atoms in total. The zero-order valence-corrected chi connectivity index (χ0v) is 17.5. The molecule has 0 fully saturated rings. The van der Waals surface area contributed by atoms with Gasteiger partial charge in [-0.05, 0) is 46.2 Å². The summed E-state index contributed by atoms with van der Waals surface area (Å²) in [6, 6.07) is 0. The fraction of sp³-hybridized carbons (Fsp3) is 1.00. The summed E-state index contributed by atoms with van der Waals surface area (Å²) >= 11 is 0. The van der Waals surface area contributed by atoms with E-state index in [1.165, 1.54) is 0 Å². The average molecular weight is 297 g/mol. The summed E-state index contributed by atoms with van der Waals surface area (Å²) in [6.45, 7) is 15.3. The average Bonchev–Trinajstić information content (AvgIpc) is 1.98. The lowest BCUT2D eigenvalue weighted by molar-refractivity contribution is -0.112. The molecule has 0 aliphatic rings. The monoisotopic (exact) mass is 296 g/mol. The molecule has 0 rings (SSSR count). The van der Waals surface area contributed by atoms with Crippen LogP contribution >= 0.6 is 0 Å². The van der Waals surface area contributed by atoms with Gasteiger partial charge < -0.3 is 13.3 Å². The van der Waals surface area contributed by atoms with E-state index in [-0.39, 0.29) is 6.10 Å². The first-order valence-corrected chi connectivity index (χ1v) is 15.5. The van der Waals surface area contributed by atoms with Crippen molar-refractivity contribution < 1.29 is 13.3 Å². The van der Waals surface area contributed by atoms with Gasteiger partial charge >= 0.3 is 0 Å². The van der Waals surface area contributed by atoms with Crippen molar-refractivity contribution in [3.63, 3.8) is 0 Å². The topological polar surface area (TPSA) is 27.7 Å². The fourth-order valence-electron chi connectivity index (χ4n) is 1.69. The number of rotatable bonds is 7. The third-order valence-corrected chi connectivity index (χ3v) is 7.21. The Hall–Kier alpha value is 0.748. The highest BCUT2D eigenvalue weighted by molar-refractivity contribution is 6.51. The van der Waals surface area contributed by atoms with Crippen LogP contribution in [-0.2, 0) is 13.3 Å². The third-order valence-electron chi connectivity index (χ3n) is 2.15. The van der Waals surface area contributed by atoms with E-state index in [2.05, 4.69) is 46.2 Å². The van der Waals surface area contributed by atoms with Gasteiger partial charge in [-0.1, -0.05) is 0 Å². The minimum Gasteiger partial charge on any atom is -0.413 e. The Morgan fingerprint density at radius 2 is 1.25 bits per heavy atom. The van der Waals surface area contributed by atoms with Gasteiger partial charge in [0.05, 0.1) is 16.3 Å². The van der Waals surface area contributed by atoms with Crippen molar-refractivity contribution in [1.82, 2.24) is 0 Å². The first kappa shape index (κ1) is 16.7. The Morgan fingerprint density at radius 3 is 1.50 bits per heavy atom. The van der Waals surface area contributed by atoms with Crippen molar-refractivity contribution in [3.8, 4) is 0 Å². The van der Waals surface area contributed by atoms with Gasteiger partial charge in [-0.15, -0.1) is 0 Å². The van der Waals surface area contributed by atoms with Crippen molar-refractivity contribution in [1.29, 1.82) is 0 Å². The summed E-state index contributed by atoms with van der Waals surface area (Å²) in [5, 5.41) is 0. The molecule has 0 aromatic carbocycles. The van der Waals surface area contributed by atoms with Crippen molar-refractivity contribution in [3.05, 3.63) is 0 Å².